The smallest absolute Gasteiger partial charge is 0.276 e. The van der Waals surface area contributed by atoms with Gasteiger partial charge in [-0.1, -0.05) is 18.2 Å². The van der Waals surface area contributed by atoms with Gasteiger partial charge >= 0.3 is 0 Å². The van der Waals surface area contributed by atoms with Crippen molar-refractivity contribution in [1.29, 1.82) is 0 Å². The molecule has 78 valence electrons. The van der Waals surface area contributed by atoms with Gasteiger partial charge < -0.3 is 12.4 Å². The molecule has 0 saturated heterocycles. The monoisotopic (exact) mass is 231 g/mol. The number of rotatable bonds is 3. The minimum absolute atomic E-state index is 0. The molecular weight excluding hydrogens is 217 g/mol. The van der Waals surface area contributed by atoms with E-state index in [1.165, 1.54) is 0 Å². The molecule has 0 spiro atoms. The molecule has 0 aliphatic rings. The van der Waals surface area contributed by atoms with Crippen molar-refractivity contribution in [3.05, 3.63) is 35.9 Å². The average molecular weight is 232 g/mol. The molecule has 0 saturated carbocycles. The maximum absolute atomic E-state index is 6.22. The molecule has 0 amide bonds. The standard InChI is InChI=1S/C11H15ClN.ClH/c1-3-13(4-2)11(12)10-8-6-5-7-9-10;/h5-9H,3-4H2,1-2H3;1H/q+1;/p-1. The molecule has 0 bridgehead atoms. The first-order valence-electron chi connectivity index (χ1n) is 4.62. The first-order valence-corrected chi connectivity index (χ1v) is 5.00. The van der Waals surface area contributed by atoms with Gasteiger partial charge in [0.15, 0.2) is 0 Å². The molecule has 0 aliphatic heterocycles. The highest BCUT2D eigenvalue weighted by Gasteiger charge is 2.09. The molecule has 0 N–H and O–H groups in total. The summed E-state index contributed by atoms with van der Waals surface area (Å²) in [4.78, 5) is 0. The predicted octanol–water partition coefficient (Wildman–Crippen LogP) is -0.272. The molecule has 0 atom stereocenters. The molecule has 0 fully saturated rings. The van der Waals surface area contributed by atoms with E-state index in [0.29, 0.717) is 0 Å². The molecule has 3 heteroatoms. The molecule has 1 nitrogen and oxygen atoms in total. The summed E-state index contributed by atoms with van der Waals surface area (Å²) in [7, 11) is 0. The van der Waals surface area contributed by atoms with E-state index >= 15 is 0 Å². The summed E-state index contributed by atoms with van der Waals surface area (Å²) >= 11 is 6.22. The van der Waals surface area contributed by atoms with Crippen LogP contribution in [-0.4, -0.2) is 22.8 Å². The zero-order valence-electron chi connectivity index (χ0n) is 8.50. The molecule has 1 rings (SSSR count). The van der Waals surface area contributed by atoms with Crippen molar-refractivity contribution in [3.8, 4) is 0 Å². The van der Waals surface area contributed by atoms with Crippen LogP contribution in [0.25, 0.3) is 0 Å². The van der Waals surface area contributed by atoms with Crippen molar-refractivity contribution >= 4 is 16.8 Å². The number of hydrogen-bond acceptors (Lipinski definition) is 0. The third-order valence-electron chi connectivity index (χ3n) is 2.05. The van der Waals surface area contributed by atoms with E-state index in [-0.39, 0.29) is 12.4 Å². The Labute approximate surface area is 96.8 Å². The second-order valence-electron chi connectivity index (χ2n) is 2.83. The Hall–Kier alpha value is -0.530. The van der Waals surface area contributed by atoms with Crippen LogP contribution in [0.5, 0.6) is 0 Å². The van der Waals surface area contributed by atoms with Gasteiger partial charge in [0.25, 0.3) is 5.17 Å². The third kappa shape index (κ3) is 3.32. The Morgan fingerprint density at radius 3 is 2.07 bits per heavy atom. The topological polar surface area (TPSA) is 3.01 Å². The van der Waals surface area contributed by atoms with Crippen molar-refractivity contribution in [1.82, 2.24) is 0 Å². The molecular formula is C11H15Cl2N. The predicted molar refractivity (Wildman–Crippen MR) is 57.7 cm³/mol. The summed E-state index contributed by atoms with van der Waals surface area (Å²) in [6.45, 7) is 6.11. The van der Waals surface area contributed by atoms with Gasteiger partial charge in [-0.25, -0.2) is 4.58 Å². The maximum Gasteiger partial charge on any atom is 0.276 e. The summed E-state index contributed by atoms with van der Waals surface area (Å²) in [5.41, 5.74) is 1.09. The van der Waals surface area contributed by atoms with E-state index in [1.54, 1.807) is 0 Å². The van der Waals surface area contributed by atoms with E-state index in [1.807, 2.05) is 30.3 Å². The maximum atomic E-state index is 6.22. The zero-order chi connectivity index (χ0) is 9.68. The number of hydrogen-bond donors (Lipinski definition) is 0. The number of nitrogens with zero attached hydrogens (tertiary/aromatic N) is 1. The van der Waals surface area contributed by atoms with Crippen LogP contribution in [0, 0.1) is 0 Å². The van der Waals surface area contributed by atoms with Crippen LogP contribution in [-0.2, 0) is 0 Å². The largest absolute Gasteiger partial charge is 1.00 e. The lowest BCUT2D eigenvalue weighted by molar-refractivity contribution is -0.517. The summed E-state index contributed by atoms with van der Waals surface area (Å²) in [6.07, 6.45) is 0. The Morgan fingerprint density at radius 2 is 1.64 bits per heavy atom. The van der Waals surface area contributed by atoms with E-state index < -0.39 is 0 Å². The molecule has 1 aromatic rings. The lowest BCUT2D eigenvalue weighted by Gasteiger charge is -2.00. The Balaban J connectivity index is 0.00000169. The summed E-state index contributed by atoms with van der Waals surface area (Å²) in [5.74, 6) is 0. The van der Waals surface area contributed by atoms with E-state index in [0.717, 1.165) is 23.8 Å². The van der Waals surface area contributed by atoms with Crippen molar-refractivity contribution in [2.75, 3.05) is 13.1 Å². The van der Waals surface area contributed by atoms with Crippen LogP contribution in [0.2, 0.25) is 0 Å². The molecule has 0 aliphatic carbocycles. The fourth-order valence-electron chi connectivity index (χ4n) is 1.26. The normalized spacial score (nSPS) is 9.07. The Kier molecular flexibility index (Phi) is 6.60. The highest BCUT2D eigenvalue weighted by molar-refractivity contribution is 6.68. The van der Waals surface area contributed by atoms with Gasteiger partial charge in [-0.3, -0.25) is 0 Å². The van der Waals surface area contributed by atoms with Gasteiger partial charge in [-0.2, -0.15) is 0 Å². The van der Waals surface area contributed by atoms with E-state index in [9.17, 15) is 0 Å². The highest BCUT2D eigenvalue weighted by Crippen LogP contribution is 2.04. The van der Waals surface area contributed by atoms with E-state index in [4.69, 9.17) is 11.6 Å². The lowest BCUT2D eigenvalue weighted by atomic mass is 10.2. The summed E-state index contributed by atoms with van der Waals surface area (Å²) < 4.78 is 2.14. The second-order valence-corrected chi connectivity index (χ2v) is 3.19. The third-order valence-corrected chi connectivity index (χ3v) is 2.51. The van der Waals surface area contributed by atoms with Crippen LogP contribution in [0.4, 0.5) is 0 Å². The Morgan fingerprint density at radius 1 is 1.14 bits per heavy atom. The lowest BCUT2D eigenvalue weighted by Crippen LogP contribution is -3.00. The van der Waals surface area contributed by atoms with Crippen LogP contribution in [0.1, 0.15) is 19.4 Å². The molecule has 0 heterocycles. The van der Waals surface area contributed by atoms with Crippen LogP contribution < -0.4 is 12.4 Å². The molecule has 0 aromatic heterocycles. The average Bonchev–Trinajstić information content (AvgIpc) is 2.21. The van der Waals surface area contributed by atoms with Crippen molar-refractivity contribution in [2.45, 2.75) is 13.8 Å². The summed E-state index contributed by atoms with van der Waals surface area (Å²) in [5, 5.41) is 0.839. The van der Waals surface area contributed by atoms with E-state index in [2.05, 4.69) is 18.4 Å². The van der Waals surface area contributed by atoms with Crippen molar-refractivity contribution in [3.63, 3.8) is 0 Å². The quantitative estimate of drug-likeness (QED) is 0.498. The highest BCUT2D eigenvalue weighted by atomic mass is 35.5. The van der Waals surface area contributed by atoms with Crippen LogP contribution >= 0.6 is 11.6 Å². The number of benzene rings is 1. The van der Waals surface area contributed by atoms with Gasteiger partial charge in [0, 0.05) is 0 Å². The molecule has 14 heavy (non-hydrogen) atoms. The first-order chi connectivity index (χ1) is 6.29. The van der Waals surface area contributed by atoms with Crippen molar-refractivity contribution in [2.24, 2.45) is 0 Å². The van der Waals surface area contributed by atoms with Gasteiger partial charge in [-0.05, 0) is 37.6 Å². The molecule has 0 unspecified atom stereocenters. The second kappa shape index (κ2) is 6.86. The Bertz CT molecular complexity index is 287. The van der Waals surface area contributed by atoms with Crippen LogP contribution in [0.3, 0.4) is 0 Å². The van der Waals surface area contributed by atoms with Gasteiger partial charge in [0.2, 0.25) is 0 Å². The van der Waals surface area contributed by atoms with Crippen LogP contribution in [0.15, 0.2) is 30.3 Å². The fraction of sp³-hybridized carbons (Fsp3) is 0.364. The zero-order valence-corrected chi connectivity index (χ0v) is 10.0. The SMILES string of the molecule is CC[N+](CC)=C(Cl)c1ccccc1.[Cl-]. The molecule has 0 radical (unpaired) electrons. The summed E-state index contributed by atoms with van der Waals surface area (Å²) in [6, 6.07) is 10.1. The fourth-order valence-corrected chi connectivity index (χ4v) is 1.62. The van der Waals surface area contributed by atoms with Gasteiger partial charge in [-0.15, -0.1) is 0 Å². The minimum atomic E-state index is 0. The van der Waals surface area contributed by atoms with Gasteiger partial charge in [0.05, 0.1) is 5.56 Å². The number of halogens is 2. The molecule has 1 aromatic carbocycles. The minimum Gasteiger partial charge on any atom is -1.00 e. The van der Waals surface area contributed by atoms with Gasteiger partial charge in [0.1, 0.15) is 13.1 Å². The first kappa shape index (κ1) is 13.5. The van der Waals surface area contributed by atoms with Crippen molar-refractivity contribution < 1.29 is 17.0 Å².